The Kier molecular flexibility index (Phi) is 3.74. The molecule has 1 heterocycles. The van der Waals surface area contributed by atoms with Crippen molar-refractivity contribution in [2.24, 2.45) is 0 Å². The minimum absolute atomic E-state index is 0.411. The monoisotopic (exact) mass is 254 g/mol. The maximum atomic E-state index is 5.68. The fourth-order valence-corrected chi connectivity index (χ4v) is 2.20. The number of alkyl halides is 1. The predicted octanol–water partition coefficient (Wildman–Crippen LogP) is 3.34. The van der Waals surface area contributed by atoms with Crippen molar-refractivity contribution in [3.8, 4) is 16.3 Å². The molecule has 0 bridgehead atoms. The second kappa shape index (κ2) is 5.27. The Morgan fingerprint density at radius 1 is 1.25 bits per heavy atom. The number of ether oxygens (including phenoxy) is 1. The van der Waals surface area contributed by atoms with Crippen LogP contribution in [-0.2, 0) is 5.88 Å². The molecule has 0 aliphatic rings. The van der Waals surface area contributed by atoms with Gasteiger partial charge in [0.05, 0.1) is 12.5 Å². The number of benzene rings is 1. The van der Waals surface area contributed by atoms with Crippen LogP contribution in [0.3, 0.4) is 0 Å². The first kappa shape index (κ1) is 11.4. The Balaban J connectivity index is 2.20. The van der Waals surface area contributed by atoms with Gasteiger partial charge in [-0.15, -0.1) is 21.8 Å². The summed E-state index contributed by atoms with van der Waals surface area (Å²) in [5.41, 5.74) is 1.04. The molecule has 2 rings (SSSR count). The van der Waals surface area contributed by atoms with Crippen molar-refractivity contribution < 1.29 is 4.74 Å². The molecule has 0 amide bonds. The van der Waals surface area contributed by atoms with E-state index in [4.69, 9.17) is 16.3 Å². The van der Waals surface area contributed by atoms with Crippen molar-refractivity contribution in [2.45, 2.75) is 12.8 Å². The molecule has 0 N–H and O–H groups in total. The highest BCUT2D eigenvalue weighted by atomic mass is 35.5. The van der Waals surface area contributed by atoms with Crippen LogP contribution in [0.4, 0.5) is 0 Å². The van der Waals surface area contributed by atoms with E-state index in [1.807, 2.05) is 31.2 Å². The molecule has 3 nitrogen and oxygen atoms in total. The van der Waals surface area contributed by atoms with Gasteiger partial charge in [0.15, 0.2) is 0 Å². The van der Waals surface area contributed by atoms with Crippen molar-refractivity contribution in [1.29, 1.82) is 0 Å². The Labute approximate surface area is 103 Å². The molecule has 16 heavy (non-hydrogen) atoms. The highest BCUT2D eigenvalue weighted by Crippen LogP contribution is 2.25. The average molecular weight is 255 g/mol. The zero-order valence-electron chi connectivity index (χ0n) is 8.81. The van der Waals surface area contributed by atoms with Gasteiger partial charge >= 0.3 is 0 Å². The van der Waals surface area contributed by atoms with E-state index in [2.05, 4.69) is 10.2 Å². The normalized spacial score (nSPS) is 10.4. The fourth-order valence-electron chi connectivity index (χ4n) is 1.28. The summed E-state index contributed by atoms with van der Waals surface area (Å²) in [6, 6.07) is 7.81. The molecule has 0 aliphatic heterocycles. The molecule has 0 saturated heterocycles. The average Bonchev–Trinajstić information content (AvgIpc) is 2.79. The smallest absolute Gasteiger partial charge is 0.147 e. The van der Waals surface area contributed by atoms with Crippen LogP contribution in [0.25, 0.3) is 10.6 Å². The van der Waals surface area contributed by atoms with Crippen LogP contribution in [0.2, 0.25) is 0 Å². The number of hydrogen-bond acceptors (Lipinski definition) is 4. The van der Waals surface area contributed by atoms with Crippen LogP contribution < -0.4 is 4.74 Å². The van der Waals surface area contributed by atoms with Crippen LogP contribution in [0, 0.1) is 0 Å². The van der Waals surface area contributed by atoms with E-state index in [1.54, 1.807) is 0 Å². The maximum absolute atomic E-state index is 5.68. The third-order valence-corrected chi connectivity index (χ3v) is 3.38. The summed E-state index contributed by atoms with van der Waals surface area (Å²) in [5, 5.41) is 9.78. The van der Waals surface area contributed by atoms with E-state index in [-0.39, 0.29) is 0 Å². The molecule has 1 aromatic carbocycles. The topological polar surface area (TPSA) is 35.0 Å². The zero-order chi connectivity index (χ0) is 11.4. The van der Waals surface area contributed by atoms with Gasteiger partial charge in [0.2, 0.25) is 0 Å². The molecule has 0 spiro atoms. The molecule has 0 saturated carbocycles. The Bertz CT molecular complexity index is 455. The van der Waals surface area contributed by atoms with E-state index in [1.165, 1.54) is 11.3 Å². The highest BCUT2D eigenvalue weighted by molar-refractivity contribution is 7.14. The van der Waals surface area contributed by atoms with Crippen LogP contribution in [-0.4, -0.2) is 16.8 Å². The van der Waals surface area contributed by atoms with Crippen molar-refractivity contribution in [2.75, 3.05) is 6.61 Å². The van der Waals surface area contributed by atoms with Gasteiger partial charge in [-0.3, -0.25) is 0 Å². The summed E-state index contributed by atoms with van der Waals surface area (Å²) in [4.78, 5) is 0. The summed E-state index contributed by atoms with van der Waals surface area (Å²) in [7, 11) is 0. The largest absolute Gasteiger partial charge is 0.494 e. The van der Waals surface area contributed by atoms with E-state index in [9.17, 15) is 0 Å². The molecule has 0 aliphatic carbocycles. The van der Waals surface area contributed by atoms with Crippen molar-refractivity contribution >= 4 is 22.9 Å². The van der Waals surface area contributed by atoms with E-state index in [0.717, 1.165) is 21.3 Å². The summed E-state index contributed by atoms with van der Waals surface area (Å²) < 4.78 is 5.37. The van der Waals surface area contributed by atoms with Gasteiger partial charge in [-0.2, -0.15) is 0 Å². The molecule has 0 fully saturated rings. The third kappa shape index (κ3) is 2.51. The molecule has 5 heteroatoms. The first-order valence-electron chi connectivity index (χ1n) is 4.95. The third-order valence-electron chi connectivity index (χ3n) is 1.99. The number of aromatic nitrogens is 2. The first-order chi connectivity index (χ1) is 7.83. The number of hydrogen-bond donors (Lipinski definition) is 0. The van der Waals surface area contributed by atoms with Gasteiger partial charge < -0.3 is 4.74 Å². The SMILES string of the molecule is CCOc1ccc(-c2nnc(CCl)s2)cc1. The van der Waals surface area contributed by atoms with Gasteiger partial charge in [-0.05, 0) is 31.2 Å². The Morgan fingerprint density at radius 2 is 2.00 bits per heavy atom. The molecule has 0 unspecified atom stereocenters. The minimum Gasteiger partial charge on any atom is -0.494 e. The lowest BCUT2D eigenvalue weighted by molar-refractivity contribution is 0.340. The molecular formula is C11H11ClN2OS. The summed E-state index contributed by atoms with van der Waals surface area (Å²) in [6.07, 6.45) is 0. The molecule has 0 atom stereocenters. The van der Waals surface area contributed by atoms with Crippen LogP contribution in [0.1, 0.15) is 11.9 Å². The van der Waals surface area contributed by atoms with Crippen molar-refractivity contribution in [3.63, 3.8) is 0 Å². The summed E-state index contributed by atoms with van der Waals surface area (Å²) >= 11 is 7.19. The number of rotatable bonds is 4. The second-order valence-corrected chi connectivity index (χ2v) is 4.42. The van der Waals surface area contributed by atoms with Gasteiger partial charge in [0.1, 0.15) is 15.8 Å². The summed E-state index contributed by atoms with van der Waals surface area (Å²) in [5.74, 6) is 1.28. The van der Waals surface area contributed by atoms with Gasteiger partial charge in [0.25, 0.3) is 0 Å². The van der Waals surface area contributed by atoms with E-state index in [0.29, 0.717) is 12.5 Å². The summed E-state index contributed by atoms with van der Waals surface area (Å²) in [6.45, 7) is 2.64. The first-order valence-corrected chi connectivity index (χ1v) is 6.30. The molecule has 0 radical (unpaired) electrons. The van der Waals surface area contributed by atoms with Gasteiger partial charge in [-0.1, -0.05) is 11.3 Å². The molecular weight excluding hydrogens is 244 g/mol. The lowest BCUT2D eigenvalue weighted by atomic mass is 10.2. The van der Waals surface area contributed by atoms with Crippen molar-refractivity contribution in [1.82, 2.24) is 10.2 Å². The van der Waals surface area contributed by atoms with Crippen LogP contribution >= 0.6 is 22.9 Å². The minimum atomic E-state index is 0.411. The van der Waals surface area contributed by atoms with Crippen LogP contribution in [0.15, 0.2) is 24.3 Å². The molecule has 84 valence electrons. The Morgan fingerprint density at radius 3 is 2.56 bits per heavy atom. The maximum Gasteiger partial charge on any atom is 0.147 e. The lowest BCUT2D eigenvalue weighted by Gasteiger charge is -2.02. The Hall–Kier alpha value is -1.13. The molecule has 2 aromatic rings. The lowest BCUT2D eigenvalue weighted by Crippen LogP contribution is -1.90. The van der Waals surface area contributed by atoms with Crippen molar-refractivity contribution in [3.05, 3.63) is 29.3 Å². The number of halogens is 1. The van der Waals surface area contributed by atoms with Gasteiger partial charge in [0, 0.05) is 5.56 Å². The van der Waals surface area contributed by atoms with Gasteiger partial charge in [-0.25, -0.2) is 0 Å². The number of nitrogens with zero attached hydrogens (tertiary/aromatic N) is 2. The van der Waals surface area contributed by atoms with E-state index < -0.39 is 0 Å². The van der Waals surface area contributed by atoms with Crippen LogP contribution in [0.5, 0.6) is 5.75 Å². The quantitative estimate of drug-likeness (QED) is 0.785. The second-order valence-electron chi connectivity index (χ2n) is 3.09. The van der Waals surface area contributed by atoms with E-state index >= 15 is 0 Å². The zero-order valence-corrected chi connectivity index (χ0v) is 10.4. The highest BCUT2D eigenvalue weighted by Gasteiger charge is 2.05. The molecule has 1 aromatic heterocycles. The standard InChI is InChI=1S/C11H11ClN2OS/c1-2-15-9-5-3-8(4-6-9)11-14-13-10(7-12)16-11/h3-6H,2,7H2,1H3. The predicted molar refractivity (Wildman–Crippen MR) is 66.1 cm³/mol. The fraction of sp³-hybridized carbons (Fsp3) is 0.273.